The third kappa shape index (κ3) is 3.47. The molecular formula is C18H19N5OS. The quantitative estimate of drug-likeness (QED) is 0.777. The number of rotatable bonds is 4. The molecule has 1 fully saturated rings. The Hall–Kier alpha value is -2.51. The molecule has 1 atom stereocenters. The van der Waals surface area contributed by atoms with Crippen molar-refractivity contribution in [3.05, 3.63) is 66.1 Å². The topological polar surface area (TPSA) is 65.4 Å². The molecule has 0 bridgehead atoms. The van der Waals surface area contributed by atoms with Crippen LogP contribution in [-0.4, -0.2) is 45.6 Å². The summed E-state index contributed by atoms with van der Waals surface area (Å²) >= 11 is 1.35. The lowest BCUT2D eigenvalue weighted by molar-refractivity contribution is 0.211. The van der Waals surface area contributed by atoms with Crippen LogP contribution < -0.4 is 9.80 Å². The number of aliphatic hydroxyl groups excluding tert-OH is 1. The third-order valence-electron chi connectivity index (χ3n) is 4.31. The highest BCUT2D eigenvalue weighted by Crippen LogP contribution is 2.26. The molecule has 0 aliphatic carbocycles. The van der Waals surface area contributed by atoms with Crippen molar-refractivity contribution in [3.8, 4) is 0 Å². The average molecular weight is 353 g/mol. The largest absolute Gasteiger partial charge is 0.380 e. The average Bonchev–Trinajstić information content (AvgIpc) is 3.19. The van der Waals surface area contributed by atoms with E-state index in [1.807, 2.05) is 54.7 Å². The molecule has 128 valence electrons. The van der Waals surface area contributed by atoms with Crippen LogP contribution in [0.5, 0.6) is 0 Å². The van der Waals surface area contributed by atoms with Crippen molar-refractivity contribution in [2.24, 2.45) is 0 Å². The molecule has 1 unspecified atom stereocenters. The molecule has 1 aliphatic heterocycles. The van der Waals surface area contributed by atoms with Gasteiger partial charge in [0.05, 0.1) is 0 Å². The minimum absolute atomic E-state index is 0.471. The molecule has 25 heavy (non-hydrogen) atoms. The molecule has 0 amide bonds. The van der Waals surface area contributed by atoms with Crippen molar-refractivity contribution in [3.63, 3.8) is 0 Å². The van der Waals surface area contributed by atoms with Crippen LogP contribution in [0.4, 0.5) is 10.9 Å². The smallest absolute Gasteiger partial charge is 0.205 e. The van der Waals surface area contributed by atoms with Crippen LogP contribution in [0.1, 0.15) is 17.5 Å². The van der Waals surface area contributed by atoms with Gasteiger partial charge in [0.25, 0.3) is 0 Å². The fourth-order valence-corrected chi connectivity index (χ4v) is 3.67. The molecule has 2 aromatic heterocycles. The molecule has 0 spiro atoms. The predicted octanol–water partition coefficient (Wildman–Crippen LogP) is 2.34. The molecule has 3 heterocycles. The van der Waals surface area contributed by atoms with Crippen molar-refractivity contribution in [1.29, 1.82) is 0 Å². The Morgan fingerprint density at radius 3 is 2.36 bits per heavy atom. The van der Waals surface area contributed by atoms with E-state index in [1.54, 1.807) is 0 Å². The van der Waals surface area contributed by atoms with E-state index in [-0.39, 0.29) is 0 Å². The van der Waals surface area contributed by atoms with Gasteiger partial charge in [-0.2, -0.15) is 4.37 Å². The highest BCUT2D eigenvalue weighted by Gasteiger charge is 2.23. The first-order valence-electron chi connectivity index (χ1n) is 8.29. The van der Waals surface area contributed by atoms with Gasteiger partial charge in [-0.25, -0.2) is 9.97 Å². The van der Waals surface area contributed by atoms with Crippen LogP contribution in [0.2, 0.25) is 0 Å². The van der Waals surface area contributed by atoms with E-state index in [2.05, 4.69) is 24.1 Å². The van der Waals surface area contributed by atoms with Gasteiger partial charge in [0.15, 0.2) is 5.82 Å². The molecule has 1 aliphatic rings. The van der Waals surface area contributed by atoms with Crippen molar-refractivity contribution < 1.29 is 5.11 Å². The van der Waals surface area contributed by atoms with Crippen LogP contribution in [0.3, 0.4) is 0 Å². The summed E-state index contributed by atoms with van der Waals surface area (Å²) in [5.41, 5.74) is 0.812. The molecule has 7 heteroatoms. The van der Waals surface area contributed by atoms with Crippen molar-refractivity contribution in [2.75, 3.05) is 36.0 Å². The number of benzene rings is 1. The summed E-state index contributed by atoms with van der Waals surface area (Å²) in [6, 6.07) is 15.5. The number of aliphatic hydroxyl groups is 1. The second-order valence-corrected chi connectivity index (χ2v) is 6.64. The zero-order valence-corrected chi connectivity index (χ0v) is 14.5. The first-order chi connectivity index (χ1) is 12.3. The standard InChI is InChI=1S/C18H19N5OS/c24-16(14-6-2-1-3-7-14)17-20-18(25-21-17)23-12-10-22(11-13-23)15-8-4-5-9-19-15/h1-9,16,24H,10-13H2. The maximum absolute atomic E-state index is 10.4. The third-order valence-corrected chi connectivity index (χ3v) is 5.11. The minimum atomic E-state index is -0.777. The van der Waals surface area contributed by atoms with Gasteiger partial charge >= 0.3 is 0 Å². The van der Waals surface area contributed by atoms with Crippen molar-refractivity contribution in [2.45, 2.75) is 6.10 Å². The summed E-state index contributed by atoms with van der Waals surface area (Å²) in [7, 11) is 0. The Morgan fingerprint density at radius 2 is 1.64 bits per heavy atom. The fourth-order valence-electron chi connectivity index (χ4n) is 2.92. The number of anilines is 2. The van der Waals surface area contributed by atoms with E-state index >= 15 is 0 Å². The SMILES string of the molecule is OC(c1ccccc1)c1nsc(N2CCN(c3ccccn3)CC2)n1. The molecule has 6 nitrogen and oxygen atoms in total. The highest BCUT2D eigenvalue weighted by molar-refractivity contribution is 7.09. The van der Waals surface area contributed by atoms with E-state index in [1.165, 1.54) is 11.5 Å². The Kier molecular flexibility index (Phi) is 4.58. The van der Waals surface area contributed by atoms with Crippen LogP contribution in [0.15, 0.2) is 54.7 Å². The lowest BCUT2D eigenvalue weighted by atomic mass is 10.1. The number of pyridine rings is 1. The van der Waals surface area contributed by atoms with E-state index in [0.29, 0.717) is 5.82 Å². The fraction of sp³-hybridized carbons (Fsp3) is 0.278. The predicted molar refractivity (Wildman–Crippen MR) is 99.1 cm³/mol. The van der Waals surface area contributed by atoms with Crippen molar-refractivity contribution in [1.82, 2.24) is 14.3 Å². The van der Waals surface area contributed by atoms with Gasteiger partial charge in [-0.05, 0) is 17.7 Å². The monoisotopic (exact) mass is 353 g/mol. The van der Waals surface area contributed by atoms with Gasteiger partial charge in [0, 0.05) is 43.9 Å². The Balaban J connectivity index is 1.42. The van der Waals surface area contributed by atoms with Crippen LogP contribution in [0.25, 0.3) is 0 Å². The Labute approximate surface area is 150 Å². The molecular weight excluding hydrogens is 334 g/mol. The molecule has 1 N–H and O–H groups in total. The second-order valence-electron chi connectivity index (χ2n) is 5.91. The molecule has 1 saturated heterocycles. The lowest BCUT2D eigenvalue weighted by Crippen LogP contribution is -2.46. The van der Waals surface area contributed by atoms with E-state index in [9.17, 15) is 5.11 Å². The number of hydrogen-bond acceptors (Lipinski definition) is 7. The maximum atomic E-state index is 10.4. The number of hydrogen-bond donors (Lipinski definition) is 1. The second kappa shape index (κ2) is 7.16. The lowest BCUT2D eigenvalue weighted by Gasteiger charge is -2.35. The first kappa shape index (κ1) is 16.0. The molecule has 0 radical (unpaired) electrons. The molecule has 0 saturated carbocycles. The molecule has 3 aromatic rings. The number of nitrogens with zero attached hydrogens (tertiary/aromatic N) is 5. The molecule has 4 rings (SSSR count). The van der Waals surface area contributed by atoms with Gasteiger partial charge in [-0.15, -0.1) is 0 Å². The highest BCUT2D eigenvalue weighted by atomic mass is 32.1. The Bertz CT molecular complexity index is 803. The van der Waals surface area contributed by atoms with E-state index < -0.39 is 6.10 Å². The first-order valence-corrected chi connectivity index (χ1v) is 9.06. The summed E-state index contributed by atoms with van der Waals surface area (Å²) in [4.78, 5) is 13.5. The maximum Gasteiger partial charge on any atom is 0.205 e. The summed E-state index contributed by atoms with van der Waals surface area (Å²) in [6.07, 6.45) is 1.05. The van der Waals surface area contributed by atoms with Crippen LogP contribution in [-0.2, 0) is 0 Å². The summed E-state index contributed by atoms with van der Waals surface area (Å²) in [5, 5.41) is 11.3. The van der Waals surface area contributed by atoms with Gasteiger partial charge in [-0.3, -0.25) is 0 Å². The van der Waals surface area contributed by atoms with Crippen molar-refractivity contribution >= 4 is 22.5 Å². The van der Waals surface area contributed by atoms with Gasteiger partial charge < -0.3 is 14.9 Å². The van der Waals surface area contributed by atoms with Gasteiger partial charge in [0.1, 0.15) is 11.9 Å². The minimum Gasteiger partial charge on any atom is -0.380 e. The van der Waals surface area contributed by atoms with Gasteiger partial charge in [-0.1, -0.05) is 36.4 Å². The number of piperazine rings is 1. The number of aromatic nitrogens is 3. The van der Waals surface area contributed by atoms with E-state index in [0.717, 1.165) is 42.7 Å². The molecule has 1 aromatic carbocycles. The zero-order chi connectivity index (χ0) is 17.1. The summed E-state index contributed by atoms with van der Waals surface area (Å²) < 4.78 is 4.36. The summed E-state index contributed by atoms with van der Waals surface area (Å²) in [6.45, 7) is 3.53. The Morgan fingerprint density at radius 1 is 0.920 bits per heavy atom. The zero-order valence-electron chi connectivity index (χ0n) is 13.7. The summed E-state index contributed by atoms with van der Waals surface area (Å²) in [5.74, 6) is 1.48. The van der Waals surface area contributed by atoms with Crippen LogP contribution in [0, 0.1) is 0 Å². The van der Waals surface area contributed by atoms with E-state index in [4.69, 9.17) is 0 Å². The van der Waals surface area contributed by atoms with Crippen LogP contribution >= 0.6 is 11.5 Å². The normalized spacial score (nSPS) is 16.0. The van der Waals surface area contributed by atoms with Gasteiger partial charge in [0.2, 0.25) is 5.13 Å².